The molecule has 0 saturated carbocycles. The summed E-state index contributed by atoms with van der Waals surface area (Å²) in [6.45, 7) is 0.965. The first kappa shape index (κ1) is 21.3. The first-order valence-electron chi connectivity index (χ1n) is 8.02. The predicted octanol–water partition coefficient (Wildman–Crippen LogP) is 3.14. The van der Waals surface area contributed by atoms with Crippen LogP contribution in [-0.2, 0) is 14.6 Å². The number of hydrogen-bond donors (Lipinski definition) is 1. The lowest BCUT2D eigenvalue weighted by molar-refractivity contribution is 0.102. The van der Waals surface area contributed by atoms with Crippen LogP contribution in [0.2, 0.25) is 0 Å². The van der Waals surface area contributed by atoms with Crippen molar-refractivity contribution in [2.75, 3.05) is 24.3 Å². The maximum atomic E-state index is 13.2. The molecule has 1 saturated heterocycles. The van der Waals surface area contributed by atoms with Gasteiger partial charge in [0.2, 0.25) is 0 Å². The third-order valence-electron chi connectivity index (χ3n) is 4.11. The second-order valence-electron chi connectivity index (χ2n) is 6.12. The second kappa shape index (κ2) is 8.81. The molecule has 1 aliphatic rings. The number of hydrogen-bond acceptors (Lipinski definition) is 4. The highest BCUT2D eigenvalue weighted by molar-refractivity contribution is 7.91. The Hall–Kier alpha value is -1.97. The summed E-state index contributed by atoms with van der Waals surface area (Å²) in [5.74, 6) is -2.82. The number of carbonyl (C=O) groups excluding carboxylic acids is 1. The normalized spacial score (nSPS) is 16.6. The summed E-state index contributed by atoms with van der Waals surface area (Å²) in [6, 6.07) is 8.60. The third-order valence-corrected chi connectivity index (χ3v) is 5.99. The van der Waals surface area contributed by atoms with Crippen molar-refractivity contribution in [3.05, 3.63) is 59.7 Å². The van der Waals surface area contributed by atoms with E-state index in [1.807, 2.05) is 0 Å². The molecule has 0 bridgehead atoms. The van der Waals surface area contributed by atoms with Gasteiger partial charge in [0.1, 0.15) is 0 Å². The van der Waals surface area contributed by atoms with E-state index in [1.165, 1.54) is 30.3 Å². The number of benzene rings is 2. The Morgan fingerprint density at radius 2 is 1.93 bits per heavy atom. The highest BCUT2D eigenvalue weighted by atomic mass is 32.2. The second-order valence-corrected chi connectivity index (χ2v) is 8.16. The first-order valence-corrected chi connectivity index (χ1v) is 9.67. The molecule has 0 radical (unpaired) electrons. The third kappa shape index (κ3) is 5.27. The van der Waals surface area contributed by atoms with Gasteiger partial charge in [-0.1, -0.05) is 6.07 Å². The Labute approximate surface area is 163 Å². The van der Waals surface area contributed by atoms with Gasteiger partial charge in [0, 0.05) is 23.9 Å². The average molecular weight is 415 g/mol. The quantitative estimate of drug-likeness (QED) is 0.814. The standard InChI is InChI=1S/C18H17F2NO4S.H2S/c19-16-5-4-14(9-17(16)20)21-18(22)13-2-1-3-15(8-13)26(23,24)11-12-6-7-25-10-12;/h1-5,8-9,12H,6-7,10-11H2,(H,21,22);1H2/t12-;/m0./s1. The van der Waals surface area contributed by atoms with Gasteiger partial charge in [0.15, 0.2) is 21.5 Å². The monoisotopic (exact) mass is 415 g/mol. The summed E-state index contributed by atoms with van der Waals surface area (Å²) in [5.41, 5.74) is 0.184. The van der Waals surface area contributed by atoms with E-state index in [9.17, 15) is 22.0 Å². The Balaban J connectivity index is 0.00000261. The van der Waals surface area contributed by atoms with Gasteiger partial charge in [0.25, 0.3) is 5.91 Å². The Morgan fingerprint density at radius 3 is 2.59 bits per heavy atom. The molecule has 1 aliphatic heterocycles. The van der Waals surface area contributed by atoms with Crippen molar-refractivity contribution in [1.29, 1.82) is 0 Å². The van der Waals surface area contributed by atoms with Crippen LogP contribution in [-0.4, -0.2) is 33.3 Å². The largest absolute Gasteiger partial charge is 0.381 e. The van der Waals surface area contributed by atoms with Crippen LogP contribution in [0.15, 0.2) is 47.4 Å². The Kier molecular flexibility index (Phi) is 6.96. The van der Waals surface area contributed by atoms with E-state index in [0.29, 0.717) is 19.6 Å². The van der Waals surface area contributed by atoms with Crippen molar-refractivity contribution >= 4 is 34.9 Å². The molecule has 146 valence electrons. The summed E-state index contributed by atoms with van der Waals surface area (Å²) in [5, 5.41) is 2.42. The van der Waals surface area contributed by atoms with Gasteiger partial charge in [-0.25, -0.2) is 17.2 Å². The molecule has 5 nitrogen and oxygen atoms in total. The van der Waals surface area contributed by atoms with Crippen molar-refractivity contribution in [1.82, 2.24) is 0 Å². The molecule has 1 N–H and O–H groups in total. The molecule has 2 aromatic rings. The maximum Gasteiger partial charge on any atom is 0.255 e. The van der Waals surface area contributed by atoms with Crippen LogP contribution >= 0.6 is 13.5 Å². The van der Waals surface area contributed by atoms with Crippen molar-refractivity contribution < 1.29 is 26.7 Å². The molecule has 0 aliphatic carbocycles. The minimum absolute atomic E-state index is 0. The molecular formula is C18H19F2NO4S2. The summed E-state index contributed by atoms with van der Waals surface area (Å²) >= 11 is 0. The SMILES string of the molecule is O=C(Nc1ccc(F)c(F)c1)c1cccc(S(=O)(=O)C[C@H]2CCOC2)c1.S. The van der Waals surface area contributed by atoms with Crippen LogP contribution in [0.1, 0.15) is 16.8 Å². The van der Waals surface area contributed by atoms with Gasteiger partial charge in [-0.3, -0.25) is 4.79 Å². The maximum absolute atomic E-state index is 13.2. The topological polar surface area (TPSA) is 72.5 Å². The zero-order valence-corrected chi connectivity index (χ0v) is 16.1. The number of nitrogens with one attached hydrogen (secondary N) is 1. The van der Waals surface area contributed by atoms with Crippen LogP contribution in [0, 0.1) is 17.6 Å². The predicted molar refractivity (Wildman–Crippen MR) is 102 cm³/mol. The van der Waals surface area contributed by atoms with E-state index >= 15 is 0 Å². The summed E-state index contributed by atoms with van der Waals surface area (Å²) in [4.78, 5) is 12.3. The number of halogens is 2. The number of sulfone groups is 1. The van der Waals surface area contributed by atoms with Crippen LogP contribution in [0.4, 0.5) is 14.5 Å². The number of carbonyl (C=O) groups is 1. The molecule has 1 amide bonds. The lowest BCUT2D eigenvalue weighted by Crippen LogP contribution is -2.18. The smallest absolute Gasteiger partial charge is 0.255 e. The zero-order valence-electron chi connectivity index (χ0n) is 14.2. The molecule has 9 heteroatoms. The number of rotatable bonds is 5. The fraction of sp³-hybridized carbons (Fsp3) is 0.278. The fourth-order valence-corrected chi connectivity index (χ4v) is 4.40. The average Bonchev–Trinajstić information content (AvgIpc) is 3.10. The molecule has 0 aromatic heterocycles. The minimum Gasteiger partial charge on any atom is -0.381 e. The Morgan fingerprint density at radius 1 is 1.15 bits per heavy atom. The Bertz CT molecular complexity index is 929. The summed E-state index contributed by atoms with van der Waals surface area (Å²) in [7, 11) is -3.55. The highest BCUT2D eigenvalue weighted by Gasteiger charge is 2.25. The van der Waals surface area contributed by atoms with Gasteiger partial charge in [-0.2, -0.15) is 13.5 Å². The van der Waals surface area contributed by atoms with E-state index in [1.54, 1.807) is 0 Å². The van der Waals surface area contributed by atoms with Crippen LogP contribution in [0.5, 0.6) is 0 Å². The highest BCUT2D eigenvalue weighted by Crippen LogP contribution is 2.21. The molecule has 1 fully saturated rings. The van der Waals surface area contributed by atoms with E-state index in [2.05, 4.69) is 5.32 Å². The lowest BCUT2D eigenvalue weighted by Gasteiger charge is -2.10. The van der Waals surface area contributed by atoms with E-state index in [-0.39, 0.29) is 41.3 Å². The minimum atomic E-state index is -3.55. The van der Waals surface area contributed by atoms with Crippen LogP contribution < -0.4 is 5.32 Å². The van der Waals surface area contributed by atoms with Crippen molar-refractivity contribution in [3.63, 3.8) is 0 Å². The van der Waals surface area contributed by atoms with E-state index in [0.717, 1.165) is 12.1 Å². The number of amides is 1. The molecule has 0 unspecified atom stereocenters. The van der Waals surface area contributed by atoms with Crippen LogP contribution in [0.25, 0.3) is 0 Å². The number of ether oxygens (including phenoxy) is 1. The van der Waals surface area contributed by atoms with Gasteiger partial charge in [0.05, 0.1) is 17.3 Å². The van der Waals surface area contributed by atoms with E-state index < -0.39 is 27.4 Å². The zero-order chi connectivity index (χ0) is 18.7. The molecule has 0 spiro atoms. The van der Waals surface area contributed by atoms with Crippen molar-refractivity contribution in [2.24, 2.45) is 5.92 Å². The van der Waals surface area contributed by atoms with E-state index in [4.69, 9.17) is 4.74 Å². The lowest BCUT2D eigenvalue weighted by atomic mass is 10.2. The molecule has 3 rings (SSSR count). The first-order chi connectivity index (χ1) is 12.3. The molecular weight excluding hydrogens is 396 g/mol. The molecule has 2 aromatic carbocycles. The van der Waals surface area contributed by atoms with Gasteiger partial charge < -0.3 is 10.1 Å². The fourth-order valence-electron chi connectivity index (χ4n) is 2.73. The van der Waals surface area contributed by atoms with Crippen molar-refractivity contribution in [2.45, 2.75) is 11.3 Å². The van der Waals surface area contributed by atoms with Crippen LogP contribution in [0.3, 0.4) is 0 Å². The summed E-state index contributed by atoms with van der Waals surface area (Å²) in [6.07, 6.45) is 0.690. The van der Waals surface area contributed by atoms with Gasteiger partial charge in [-0.05, 0) is 42.7 Å². The van der Waals surface area contributed by atoms with Crippen molar-refractivity contribution in [3.8, 4) is 0 Å². The molecule has 1 heterocycles. The number of anilines is 1. The molecule has 27 heavy (non-hydrogen) atoms. The van der Waals surface area contributed by atoms with Gasteiger partial charge in [-0.15, -0.1) is 0 Å². The molecule has 1 atom stereocenters. The van der Waals surface area contributed by atoms with Gasteiger partial charge >= 0.3 is 0 Å². The summed E-state index contributed by atoms with van der Waals surface area (Å²) < 4.78 is 56.4.